The van der Waals surface area contributed by atoms with Gasteiger partial charge in [0.1, 0.15) is 24.0 Å². The van der Waals surface area contributed by atoms with Gasteiger partial charge in [-0.2, -0.15) is 0 Å². The predicted molar refractivity (Wildman–Crippen MR) is 115 cm³/mol. The second kappa shape index (κ2) is 9.32. The van der Waals surface area contributed by atoms with Crippen molar-refractivity contribution in [3.63, 3.8) is 0 Å². The van der Waals surface area contributed by atoms with Gasteiger partial charge in [0.15, 0.2) is 17.3 Å². The standard InChI is InChI=1S/C22H25FN4O4/c1-29-7-8-31-20-11-17-15(10-19(20)30-2)21(25-14-5-6-24-12-14)27-22(26-17)16-9-13(23)3-4-18(16)28/h3-4,9-11,14,24,28H,5-8,12H2,1-2H3,(H,25,26,27)/t14-/m0/s1. The topological polar surface area (TPSA) is 97.8 Å². The Labute approximate surface area is 179 Å². The molecule has 0 radical (unpaired) electrons. The fourth-order valence-corrected chi connectivity index (χ4v) is 3.53. The van der Waals surface area contributed by atoms with Crippen LogP contribution in [0, 0.1) is 5.82 Å². The lowest BCUT2D eigenvalue weighted by Gasteiger charge is -2.17. The van der Waals surface area contributed by atoms with Crippen LogP contribution in [-0.2, 0) is 4.74 Å². The third-order valence-electron chi connectivity index (χ3n) is 5.13. The molecular weight excluding hydrogens is 403 g/mol. The van der Waals surface area contributed by atoms with Gasteiger partial charge in [0.25, 0.3) is 0 Å². The highest BCUT2D eigenvalue weighted by Crippen LogP contribution is 2.37. The highest BCUT2D eigenvalue weighted by Gasteiger charge is 2.20. The Balaban J connectivity index is 1.85. The molecule has 31 heavy (non-hydrogen) atoms. The second-order valence-corrected chi connectivity index (χ2v) is 7.25. The van der Waals surface area contributed by atoms with Crippen molar-refractivity contribution < 1.29 is 23.7 Å². The maximum absolute atomic E-state index is 13.9. The molecule has 1 aliphatic rings. The number of hydrogen-bond acceptors (Lipinski definition) is 8. The Morgan fingerprint density at radius 1 is 1.16 bits per heavy atom. The average molecular weight is 428 g/mol. The number of rotatable bonds is 8. The van der Waals surface area contributed by atoms with E-state index < -0.39 is 5.82 Å². The summed E-state index contributed by atoms with van der Waals surface area (Å²) in [6.07, 6.45) is 0.946. The molecule has 0 spiro atoms. The van der Waals surface area contributed by atoms with Crippen molar-refractivity contribution in [3.05, 3.63) is 36.1 Å². The molecule has 1 aromatic heterocycles. The van der Waals surface area contributed by atoms with E-state index in [1.54, 1.807) is 20.3 Å². The molecule has 0 aliphatic carbocycles. The van der Waals surface area contributed by atoms with E-state index in [0.29, 0.717) is 36.0 Å². The summed E-state index contributed by atoms with van der Waals surface area (Å²) in [5.41, 5.74) is 0.794. The molecule has 4 rings (SSSR count). The van der Waals surface area contributed by atoms with E-state index in [9.17, 15) is 9.50 Å². The largest absolute Gasteiger partial charge is 0.507 e. The molecule has 1 fully saturated rings. The zero-order valence-corrected chi connectivity index (χ0v) is 17.4. The summed E-state index contributed by atoms with van der Waals surface area (Å²) in [7, 11) is 3.17. The molecule has 3 N–H and O–H groups in total. The summed E-state index contributed by atoms with van der Waals surface area (Å²) < 4.78 is 30.2. The number of aromatic nitrogens is 2. The molecule has 0 saturated carbocycles. The summed E-state index contributed by atoms with van der Waals surface area (Å²) >= 11 is 0. The molecular formula is C22H25FN4O4. The number of benzene rings is 2. The maximum atomic E-state index is 13.9. The number of hydrogen-bond donors (Lipinski definition) is 3. The first-order chi connectivity index (χ1) is 15.1. The lowest BCUT2D eigenvalue weighted by atomic mass is 10.1. The molecule has 2 aromatic carbocycles. The molecule has 3 aromatic rings. The molecule has 1 saturated heterocycles. The van der Waals surface area contributed by atoms with Crippen LogP contribution in [-0.4, -0.2) is 61.6 Å². The molecule has 0 bridgehead atoms. The van der Waals surface area contributed by atoms with Crippen LogP contribution >= 0.6 is 0 Å². The summed E-state index contributed by atoms with van der Waals surface area (Å²) in [5.74, 6) is 1.27. The Hall–Kier alpha value is -3.17. The van der Waals surface area contributed by atoms with E-state index in [2.05, 4.69) is 20.6 Å². The Kier molecular flexibility index (Phi) is 6.34. The van der Waals surface area contributed by atoms with Gasteiger partial charge in [-0.05, 0) is 37.2 Å². The number of methoxy groups -OCH3 is 2. The fraction of sp³-hybridized carbons (Fsp3) is 0.364. The summed E-state index contributed by atoms with van der Waals surface area (Å²) in [5, 5.41) is 17.8. The van der Waals surface area contributed by atoms with E-state index in [4.69, 9.17) is 14.2 Å². The first kappa shape index (κ1) is 21.1. The monoisotopic (exact) mass is 428 g/mol. The van der Waals surface area contributed by atoms with Gasteiger partial charge in [-0.15, -0.1) is 0 Å². The van der Waals surface area contributed by atoms with Crippen molar-refractivity contribution in [2.45, 2.75) is 12.5 Å². The van der Waals surface area contributed by atoms with Crippen molar-refractivity contribution in [2.75, 3.05) is 45.8 Å². The average Bonchev–Trinajstić information content (AvgIpc) is 3.28. The number of halogens is 1. The third kappa shape index (κ3) is 4.62. The van der Waals surface area contributed by atoms with Crippen LogP contribution in [0.15, 0.2) is 30.3 Å². The minimum Gasteiger partial charge on any atom is -0.507 e. The number of phenolic OH excluding ortho intramolecular Hbond substituents is 1. The lowest BCUT2D eigenvalue weighted by molar-refractivity contribution is 0.144. The molecule has 8 nitrogen and oxygen atoms in total. The highest BCUT2D eigenvalue weighted by atomic mass is 19.1. The lowest BCUT2D eigenvalue weighted by Crippen LogP contribution is -2.23. The van der Waals surface area contributed by atoms with Gasteiger partial charge in [-0.25, -0.2) is 14.4 Å². The first-order valence-corrected chi connectivity index (χ1v) is 10.1. The zero-order chi connectivity index (χ0) is 21.8. The third-order valence-corrected chi connectivity index (χ3v) is 5.13. The number of anilines is 1. The van der Waals surface area contributed by atoms with Crippen LogP contribution in [0.4, 0.5) is 10.2 Å². The van der Waals surface area contributed by atoms with Gasteiger partial charge >= 0.3 is 0 Å². The minimum absolute atomic E-state index is 0.0979. The van der Waals surface area contributed by atoms with E-state index in [0.717, 1.165) is 24.9 Å². The normalized spacial score (nSPS) is 15.9. The number of phenols is 1. The number of nitrogens with one attached hydrogen (secondary N) is 2. The minimum atomic E-state index is -0.482. The van der Waals surface area contributed by atoms with Crippen molar-refractivity contribution in [1.29, 1.82) is 0 Å². The van der Waals surface area contributed by atoms with Gasteiger partial charge in [-0.1, -0.05) is 0 Å². The van der Waals surface area contributed by atoms with Crippen molar-refractivity contribution in [1.82, 2.24) is 15.3 Å². The summed E-state index contributed by atoms with van der Waals surface area (Å²) in [6, 6.07) is 7.46. The number of fused-ring (bicyclic) bond motifs is 1. The zero-order valence-electron chi connectivity index (χ0n) is 17.4. The quantitative estimate of drug-likeness (QED) is 0.471. The van der Waals surface area contributed by atoms with Crippen molar-refractivity contribution in [3.8, 4) is 28.6 Å². The fourth-order valence-electron chi connectivity index (χ4n) is 3.53. The molecule has 164 valence electrons. The van der Waals surface area contributed by atoms with Crippen LogP contribution in [0.25, 0.3) is 22.3 Å². The summed E-state index contributed by atoms with van der Waals surface area (Å²) in [6.45, 7) is 2.50. The van der Waals surface area contributed by atoms with Crippen LogP contribution in [0.2, 0.25) is 0 Å². The van der Waals surface area contributed by atoms with E-state index in [1.807, 2.05) is 6.07 Å². The highest BCUT2D eigenvalue weighted by molar-refractivity contribution is 5.93. The Morgan fingerprint density at radius 2 is 2.03 bits per heavy atom. The van der Waals surface area contributed by atoms with E-state index in [-0.39, 0.29) is 23.2 Å². The molecule has 1 atom stereocenters. The van der Waals surface area contributed by atoms with Gasteiger partial charge in [0.05, 0.1) is 24.8 Å². The summed E-state index contributed by atoms with van der Waals surface area (Å²) in [4.78, 5) is 9.21. The molecule has 1 aliphatic heterocycles. The van der Waals surface area contributed by atoms with E-state index >= 15 is 0 Å². The molecule has 0 amide bonds. The second-order valence-electron chi connectivity index (χ2n) is 7.25. The molecule has 0 unspecified atom stereocenters. The van der Waals surface area contributed by atoms with Crippen LogP contribution in [0.1, 0.15) is 6.42 Å². The van der Waals surface area contributed by atoms with Crippen molar-refractivity contribution >= 4 is 16.7 Å². The van der Waals surface area contributed by atoms with Crippen LogP contribution < -0.4 is 20.1 Å². The van der Waals surface area contributed by atoms with Gasteiger partial charge in [-0.3, -0.25) is 0 Å². The number of aromatic hydroxyl groups is 1. The first-order valence-electron chi connectivity index (χ1n) is 10.1. The smallest absolute Gasteiger partial charge is 0.165 e. The molecule has 2 heterocycles. The SMILES string of the molecule is COCCOc1cc2nc(-c3cc(F)ccc3O)nc(N[C@H]3CCNC3)c2cc1OC. The van der Waals surface area contributed by atoms with Gasteiger partial charge < -0.3 is 30.0 Å². The van der Waals surface area contributed by atoms with Crippen LogP contribution in [0.3, 0.4) is 0 Å². The maximum Gasteiger partial charge on any atom is 0.165 e. The number of nitrogens with zero attached hydrogens (tertiary/aromatic N) is 2. The van der Waals surface area contributed by atoms with Gasteiger partial charge in [0.2, 0.25) is 0 Å². The Morgan fingerprint density at radius 3 is 2.77 bits per heavy atom. The van der Waals surface area contributed by atoms with Crippen molar-refractivity contribution in [2.24, 2.45) is 0 Å². The number of ether oxygens (including phenoxy) is 3. The van der Waals surface area contributed by atoms with E-state index in [1.165, 1.54) is 18.2 Å². The van der Waals surface area contributed by atoms with Gasteiger partial charge in [0, 0.05) is 31.1 Å². The predicted octanol–water partition coefficient (Wildman–Crippen LogP) is 2.95. The Bertz CT molecular complexity index is 1070. The molecule has 9 heteroatoms. The van der Waals surface area contributed by atoms with Crippen LogP contribution in [0.5, 0.6) is 17.2 Å².